The van der Waals surface area contributed by atoms with Gasteiger partial charge < -0.3 is 4.12 Å². The first-order chi connectivity index (χ1) is 6.14. The van der Waals surface area contributed by atoms with E-state index in [2.05, 4.69) is 25.2 Å². The van der Waals surface area contributed by atoms with Gasteiger partial charge >= 0.3 is 0 Å². The Kier molecular flexibility index (Phi) is 4.18. The van der Waals surface area contributed by atoms with Crippen molar-refractivity contribution in [1.29, 1.82) is 0 Å². The van der Waals surface area contributed by atoms with Gasteiger partial charge in [0.2, 0.25) is 0 Å². The minimum absolute atomic E-state index is 0.376. The molecule has 0 fully saturated rings. The van der Waals surface area contributed by atoms with Gasteiger partial charge in [-0.3, -0.25) is 0 Å². The molecule has 0 aromatic heterocycles. The van der Waals surface area contributed by atoms with Gasteiger partial charge in [-0.2, -0.15) is 0 Å². The van der Waals surface area contributed by atoms with Gasteiger partial charge in [0, 0.05) is 6.04 Å². The molecular formula is C9H15ClOSi2. The highest BCUT2D eigenvalue weighted by Gasteiger charge is 2.25. The van der Waals surface area contributed by atoms with E-state index in [4.69, 9.17) is 15.2 Å². The van der Waals surface area contributed by atoms with Crippen LogP contribution in [-0.2, 0) is 10.2 Å². The molecule has 13 heavy (non-hydrogen) atoms. The third-order valence-electron chi connectivity index (χ3n) is 1.81. The van der Waals surface area contributed by atoms with Crippen LogP contribution < -0.4 is 0 Å². The van der Waals surface area contributed by atoms with Gasteiger partial charge in [-0.05, 0) is 12.1 Å². The van der Waals surface area contributed by atoms with Crippen LogP contribution in [-0.4, -0.2) is 17.4 Å². The lowest BCUT2D eigenvalue weighted by molar-refractivity contribution is 0.608. The van der Waals surface area contributed by atoms with Crippen LogP contribution in [0.5, 0.6) is 0 Å². The molecule has 0 saturated carbocycles. The highest BCUT2D eigenvalue weighted by Crippen LogP contribution is 2.16. The third-order valence-corrected chi connectivity index (χ3v) is 7.79. The van der Waals surface area contributed by atoms with Crippen LogP contribution in [0.1, 0.15) is 5.56 Å². The maximum absolute atomic E-state index is 6.32. The van der Waals surface area contributed by atoms with Crippen LogP contribution in [0.15, 0.2) is 30.3 Å². The van der Waals surface area contributed by atoms with Crippen LogP contribution in [0, 0.1) is 0 Å². The fourth-order valence-corrected chi connectivity index (χ4v) is 6.54. The number of hydrogen-bond donors (Lipinski definition) is 0. The molecule has 1 rings (SSSR count). The predicted molar refractivity (Wildman–Crippen MR) is 63.1 cm³/mol. The molecule has 0 bridgehead atoms. The second kappa shape index (κ2) is 4.95. The number of halogens is 1. The van der Waals surface area contributed by atoms with Gasteiger partial charge in [-0.1, -0.05) is 36.9 Å². The van der Waals surface area contributed by atoms with Crippen LogP contribution >= 0.6 is 11.1 Å². The summed E-state index contributed by atoms with van der Waals surface area (Å²) in [5.74, 6) is 0. The maximum atomic E-state index is 6.32. The van der Waals surface area contributed by atoms with E-state index in [-0.39, 0.29) is 9.76 Å². The minimum Gasteiger partial charge on any atom is -0.450 e. The van der Waals surface area contributed by atoms with Crippen molar-refractivity contribution < 1.29 is 4.12 Å². The third kappa shape index (κ3) is 4.09. The van der Waals surface area contributed by atoms with E-state index >= 15 is 0 Å². The number of rotatable bonds is 4. The van der Waals surface area contributed by atoms with Crippen molar-refractivity contribution in [2.45, 2.75) is 19.1 Å². The topological polar surface area (TPSA) is 9.23 Å². The first kappa shape index (κ1) is 11.0. The van der Waals surface area contributed by atoms with Crippen molar-refractivity contribution in [1.82, 2.24) is 0 Å². The molecule has 0 radical (unpaired) electrons. The zero-order chi connectivity index (χ0) is 9.73. The smallest absolute Gasteiger partial charge is 0.281 e. The maximum Gasteiger partial charge on any atom is 0.281 e. The summed E-state index contributed by atoms with van der Waals surface area (Å²) in [6.07, 6.45) is 0. The Balaban J connectivity index is 2.58. The monoisotopic (exact) mass is 230 g/mol. The quantitative estimate of drug-likeness (QED) is 0.570. The van der Waals surface area contributed by atoms with Gasteiger partial charge in [-0.25, -0.2) is 0 Å². The zero-order valence-corrected chi connectivity index (χ0v) is 11.3. The van der Waals surface area contributed by atoms with E-state index < -0.39 is 7.63 Å². The van der Waals surface area contributed by atoms with Crippen molar-refractivity contribution in [3.05, 3.63) is 35.9 Å². The molecule has 0 aliphatic carbocycles. The Morgan fingerprint density at radius 2 is 2.00 bits per heavy atom. The Hall–Kier alpha value is -0.0962. The lowest BCUT2D eigenvalue weighted by atomic mass is 10.2. The molecule has 1 atom stereocenters. The summed E-state index contributed by atoms with van der Waals surface area (Å²) in [5.41, 5.74) is 1.29. The van der Waals surface area contributed by atoms with E-state index in [1.165, 1.54) is 5.56 Å². The van der Waals surface area contributed by atoms with E-state index in [1.54, 1.807) is 0 Å². The Labute approximate surface area is 87.9 Å². The largest absolute Gasteiger partial charge is 0.450 e. The molecule has 1 unspecified atom stereocenters. The highest BCUT2D eigenvalue weighted by molar-refractivity contribution is 7.16. The zero-order valence-electron chi connectivity index (χ0n) is 8.09. The van der Waals surface area contributed by atoms with Gasteiger partial charge in [0.25, 0.3) is 7.63 Å². The number of benzene rings is 1. The molecule has 0 heterocycles. The van der Waals surface area contributed by atoms with Crippen molar-refractivity contribution in [3.8, 4) is 0 Å². The van der Waals surface area contributed by atoms with Gasteiger partial charge in [0.05, 0.1) is 0 Å². The molecule has 0 amide bonds. The second-order valence-electron chi connectivity index (χ2n) is 3.20. The SMILES string of the molecule is C[SiH2]O[Si](C)(Cl)Cc1ccccc1. The molecule has 0 aliphatic heterocycles. The van der Waals surface area contributed by atoms with Crippen molar-refractivity contribution in [2.75, 3.05) is 0 Å². The van der Waals surface area contributed by atoms with Crippen molar-refractivity contribution in [2.24, 2.45) is 0 Å². The standard InChI is InChI=1S/C9H15ClOSi2/c1-12-11-13(2,10)8-9-6-4-3-5-7-9/h3-7H,8,12H2,1-2H3. The Morgan fingerprint density at radius 1 is 1.38 bits per heavy atom. The summed E-state index contributed by atoms with van der Waals surface area (Å²) in [6, 6.07) is 11.2. The van der Waals surface area contributed by atoms with E-state index in [9.17, 15) is 0 Å². The van der Waals surface area contributed by atoms with Crippen LogP contribution in [0.3, 0.4) is 0 Å². The molecular weight excluding hydrogens is 216 g/mol. The fraction of sp³-hybridized carbons (Fsp3) is 0.333. The summed E-state index contributed by atoms with van der Waals surface area (Å²) in [7, 11) is -2.29. The van der Waals surface area contributed by atoms with Crippen molar-refractivity contribution >= 4 is 28.5 Å². The van der Waals surface area contributed by atoms with E-state index in [0.717, 1.165) is 6.04 Å². The summed E-state index contributed by atoms with van der Waals surface area (Å²) < 4.78 is 5.68. The summed E-state index contributed by atoms with van der Waals surface area (Å²) in [5, 5.41) is 0. The molecule has 1 nitrogen and oxygen atoms in total. The molecule has 1 aromatic carbocycles. The highest BCUT2D eigenvalue weighted by atomic mass is 35.6. The predicted octanol–water partition coefficient (Wildman–Crippen LogP) is 2.23. The average Bonchev–Trinajstić information content (AvgIpc) is 2.04. The summed E-state index contributed by atoms with van der Waals surface area (Å²) >= 11 is 6.32. The van der Waals surface area contributed by atoms with Crippen LogP contribution in [0.25, 0.3) is 0 Å². The second-order valence-corrected chi connectivity index (χ2v) is 9.88. The Morgan fingerprint density at radius 3 is 2.54 bits per heavy atom. The molecule has 72 valence electrons. The molecule has 0 N–H and O–H groups in total. The lowest BCUT2D eigenvalue weighted by Crippen LogP contribution is -2.32. The van der Waals surface area contributed by atoms with E-state index in [1.807, 2.05) is 18.2 Å². The fourth-order valence-electron chi connectivity index (χ4n) is 1.31. The molecule has 0 aliphatic rings. The van der Waals surface area contributed by atoms with Crippen LogP contribution in [0.4, 0.5) is 0 Å². The molecule has 0 saturated heterocycles. The molecule has 4 heteroatoms. The first-order valence-corrected chi connectivity index (χ1v) is 10.1. The van der Waals surface area contributed by atoms with Gasteiger partial charge in [0.15, 0.2) is 0 Å². The van der Waals surface area contributed by atoms with Gasteiger partial charge in [-0.15, -0.1) is 11.1 Å². The van der Waals surface area contributed by atoms with E-state index in [0.29, 0.717) is 0 Å². The number of hydrogen-bond acceptors (Lipinski definition) is 1. The van der Waals surface area contributed by atoms with Crippen LogP contribution in [0.2, 0.25) is 13.1 Å². The lowest BCUT2D eigenvalue weighted by Gasteiger charge is -2.19. The summed E-state index contributed by atoms with van der Waals surface area (Å²) in [4.78, 5) is 0. The normalized spacial score (nSPS) is 16.2. The average molecular weight is 231 g/mol. The Bertz CT molecular complexity index is 251. The first-order valence-electron chi connectivity index (χ1n) is 4.51. The minimum atomic E-state index is -1.91. The van der Waals surface area contributed by atoms with Crippen molar-refractivity contribution in [3.63, 3.8) is 0 Å². The van der Waals surface area contributed by atoms with Gasteiger partial charge in [0.1, 0.15) is 9.76 Å². The molecule has 1 aromatic rings. The molecule has 0 spiro atoms. The summed E-state index contributed by atoms with van der Waals surface area (Å²) in [6.45, 7) is 4.19.